The Morgan fingerprint density at radius 1 is 1.03 bits per heavy atom. The summed E-state index contributed by atoms with van der Waals surface area (Å²) in [7, 11) is -4.04. The van der Waals surface area contributed by atoms with Crippen LogP contribution in [0.4, 0.5) is 11.5 Å². The Morgan fingerprint density at radius 3 is 2.47 bits per heavy atom. The number of pyridine rings is 1. The van der Waals surface area contributed by atoms with E-state index in [0.717, 1.165) is 4.79 Å². The number of fused-ring (bicyclic) bond motifs is 1. The molecule has 0 bridgehead atoms. The average Bonchev–Trinajstić information content (AvgIpc) is 2.79. The van der Waals surface area contributed by atoms with Crippen LogP contribution in [0.1, 0.15) is 17.4 Å². The molecule has 0 saturated heterocycles. The van der Waals surface area contributed by atoms with E-state index >= 15 is 0 Å². The van der Waals surface area contributed by atoms with Gasteiger partial charge in [-0.15, -0.1) is 15.0 Å². The second kappa shape index (κ2) is 8.47. The fraction of sp³-hybridized carbons (Fsp3) is 0.0476. The maximum atomic E-state index is 12.8. The lowest BCUT2D eigenvalue weighted by atomic mass is 10.2. The van der Waals surface area contributed by atoms with Crippen molar-refractivity contribution in [1.82, 2.24) is 14.9 Å². The van der Waals surface area contributed by atoms with E-state index < -0.39 is 21.2 Å². The van der Waals surface area contributed by atoms with Gasteiger partial charge >= 0.3 is 0 Å². The molecule has 0 aliphatic heterocycles. The average molecular weight is 448 g/mol. The minimum Gasteiger partial charge on any atom is -0.293 e. The quantitative estimate of drug-likeness (QED) is 0.355. The molecule has 0 radical (unpaired) electrons. The van der Waals surface area contributed by atoms with Crippen LogP contribution in [0, 0.1) is 0 Å². The molecule has 4 rings (SSSR count). The molecule has 2 aromatic carbocycles. The van der Waals surface area contributed by atoms with Crippen LogP contribution in [0.2, 0.25) is 0 Å². The van der Waals surface area contributed by atoms with Crippen LogP contribution in [0.5, 0.6) is 0 Å². The molecule has 0 saturated carbocycles. The van der Waals surface area contributed by atoms with Gasteiger partial charge in [0.15, 0.2) is 11.5 Å². The second-order valence-electron chi connectivity index (χ2n) is 6.65. The summed E-state index contributed by atoms with van der Waals surface area (Å²) in [5, 5.41) is 12.0. The minimum absolute atomic E-state index is 0.0406. The summed E-state index contributed by atoms with van der Waals surface area (Å²) in [5.74, 6) is -0.457. The van der Waals surface area contributed by atoms with Crippen molar-refractivity contribution in [2.45, 2.75) is 11.8 Å². The fourth-order valence-corrected chi connectivity index (χ4v) is 3.90. The molecular weight excluding hydrogens is 432 g/mol. The zero-order valence-corrected chi connectivity index (χ0v) is 17.5. The van der Waals surface area contributed by atoms with Crippen molar-refractivity contribution < 1.29 is 13.2 Å². The first-order chi connectivity index (χ1) is 15.3. The number of hydrogen-bond donors (Lipinski definition) is 1. The van der Waals surface area contributed by atoms with Crippen LogP contribution >= 0.6 is 0 Å². The molecule has 10 nitrogen and oxygen atoms in total. The third-order valence-corrected chi connectivity index (χ3v) is 5.74. The van der Waals surface area contributed by atoms with Gasteiger partial charge in [-0.1, -0.05) is 24.3 Å². The number of Topliss-reactive ketones (excluding diaryl/α,β-unsaturated/α-hetero) is 1. The first kappa shape index (κ1) is 21.0. The number of rotatable bonds is 6. The minimum atomic E-state index is -4.04. The Bertz CT molecular complexity index is 1500. The summed E-state index contributed by atoms with van der Waals surface area (Å²) >= 11 is 0. The van der Waals surface area contributed by atoms with E-state index in [-0.39, 0.29) is 27.3 Å². The van der Waals surface area contributed by atoms with Gasteiger partial charge in [0, 0.05) is 13.1 Å². The number of nitrogens with zero attached hydrogens (tertiary/aromatic N) is 5. The number of sulfonamides is 1. The Balaban J connectivity index is 1.85. The van der Waals surface area contributed by atoms with Crippen molar-refractivity contribution in [2.75, 3.05) is 4.72 Å². The monoisotopic (exact) mass is 448 g/mol. The molecule has 2 aromatic heterocycles. The molecule has 160 valence electrons. The zero-order chi connectivity index (χ0) is 22.7. The van der Waals surface area contributed by atoms with E-state index in [1.807, 2.05) is 6.07 Å². The third kappa shape index (κ3) is 4.27. The number of hydrogen-bond acceptors (Lipinski definition) is 8. The largest absolute Gasteiger partial charge is 0.293 e. The lowest BCUT2D eigenvalue weighted by Crippen LogP contribution is -2.21. The lowest BCUT2D eigenvalue weighted by Gasteiger charge is -2.09. The number of benzene rings is 2. The second-order valence-corrected chi connectivity index (χ2v) is 8.33. The van der Waals surface area contributed by atoms with Crippen LogP contribution in [-0.4, -0.2) is 29.1 Å². The molecular formula is C21H16N6O4S. The Hall–Kier alpha value is -4.25. The molecule has 11 heteroatoms. The molecule has 32 heavy (non-hydrogen) atoms. The predicted octanol–water partition coefficient (Wildman–Crippen LogP) is 3.34. The normalized spacial score (nSPS) is 11.7. The van der Waals surface area contributed by atoms with Crippen LogP contribution in [0.25, 0.3) is 10.9 Å². The maximum absolute atomic E-state index is 12.8. The van der Waals surface area contributed by atoms with Crippen LogP contribution in [0.15, 0.2) is 93.0 Å². The highest BCUT2D eigenvalue weighted by Gasteiger charge is 2.20. The van der Waals surface area contributed by atoms with Gasteiger partial charge < -0.3 is 0 Å². The van der Waals surface area contributed by atoms with Crippen molar-refractivity contribution in [1.29, 1.82) is 0 Å². The summed E-state index contributed by atoms with van der Waals surface area (Å²) in [4.78, 5) is 29.6. The Morgan fingerprint density at radius 2 is 1.78 bits per heavy atom. The predicted molar refractivity (Wildman–Crippen MR) is 117 cm³/mol. The highest BCUT2D eigenvalue weighted by molar-refractivity contribution is 7.92. The molecule has 0 amide bonds. The fourth-order valence-electron chi connectivity index (χ4n) is 2.87. The van der Waals surface area contributed by atoms with Crippen LogP contribution in [-0.2, 0) is 10.0 Å². The number of ketones is 1. The van der Waals surface area contributed by atoms with Gasteiger partial charge in [-0.25, -0.2) is 13.4 Å². The molecule has 0 unspecified atom stereocenters. The Kier molecular flexibility index (Phi) is 5.56. The van der Waals surface area contributed by atoms with E-state index in [2.05, 4.69) is 25.1 Å². The number of carbonyl (C=O) groups excluding carboxylic acids is 1. The molecule has 2 heterocycles. The number of carbonyl (C=O) groups is 1. The topological polar surface area (TPSA) is 136 Å². The summed E-state index contributed by atoms with van der Waals surface area (Å²) < 4.78 is 27.9. The van der Waals surface area contributed by atoms with Gasteiger partial charge in [0.1, 0.15) is 5.82 Å². The highest BCUT2D eigenvalue weighted by atomic mass is 32.2. The van der Waals surface area contributed by atoms with E-state index in [0.29, 0.717) is 5.69 Å². The zero-order valence-electron chi connectivity index (χ0n) is 16.7. The lowest BCUT2D eigenvalue weighted by molar-refractivity contribution is 0.101. The molecule has 4 aromatic rings. The van der Waals surface area contributed by atoms with Crippen LogP contribution < -0.4 is 10.2 Å². The van der Waals surface area contributed by atoms with Gasteiger partial charge in [-0.3, -0.25) is 14.3 Å². The molecule has 1 N–H and O–H groups in total. The van der Waals surface area contributed by atoms with E-state index in [9.17, 15) is 18.0 Å². The van der Waals surface area contributed by atoms with Crippen molar-refractivity contribution in [3.63, 3.8) is 0 Å². The van der Waals surface area contributed by atoms with E-state index in [4.69, 9.17) is 0 Å². The SMILES string of the molecule is CC(=O)c1nn(N=Nc2ccccc2)c2ccc(S(=O)(=O)Nc3ccccn3)cc2c1=O. The van der Waals surface area contributed by atoms with Crippen molar-refractivity contribution in [2.24, 2.45) is 10.3 Å². The summed E-state index contributed by atoms with van der Waals surface area (Å²) in [6, 6.07) is 17.4. The highest BCUT2D eigenvalue weighted by Crippen LogP contribution is 2.20. The summed E-state index contributed by atoms with van der Waals surface area (Å²) in [5.41, 5.74) is -0.356. The molecule has 0 aliphatic rings. The Labute approximate surface area is 182 Å². The van der Waals surface area contributed by atoms with Gasteiger partial charge in [0.2, 0.25) is 5.43 Å². The van der Waals surface area contributed by atoms with Gasteiger partial charge in [0.05, 0.1) is 21.5 Å². The van der Waals surface area contributed by atoms with Gasteiger partial charge in [-0.2, -0.15) is 0 Å². The van der Waals surface area contributed by atoms with Gasteiger partial charge in [-0.05, 0) is 47.7 Å². The van der Waals surface area contributed by atoms with Gasteiger partial charge in [0.25, 0.3) is 10.0 Å². The molecule has 0 aliphatic carbocycles. The first-order valence-corrected chi connectivity index (χ1v) is 10.8. The molecule has 0 atom stereocenters. The van der Waals surface area contributed by atoms with Crippen molar-refractivity contribution in [3.8, 4) is 0 Å². The van der Waals surface area contributed by atoms with Crippen LogP contribution in [0.3, 0.4) is 0 Å². The smallest absolute Gasteiger partial charge is 0.263 e. The number of aromatic nitrogens is 3. The first-order valence-electron chi connectivity index (χ1n) is 9.34. The van der Waals surface area contributed by atoms with Crippen molar-refractivity contribution in [3.05, 3.63) is 88.8 Å². The van der Waals surface area contributed by atoms with E-state index in [1.54, 1.807) is 36.4 Å². The van der Waals surface area contributed by atoms with E-state index in [1.165, 1.54) is 37.4 Å². The molecule has 0 fully saturated rings. The third-order valence-electron chi connectivity index (χ3n) is 4.39. The number of nitrogens with one attached hydrogen (secondary N) is 1. The standard InChI is InChI=1S/C21H16N6O4S/c1-14(28)20-21(29)17-13-16(32(30,31)25-19-9-5-6-12-22-19)10-11-18(17)27(24-20)26-23-15-7-3-2-4-8-15/h2-13H,1H3,(H,22,25). The maximum Gasteiger partial charge on any atom is 0.263 e. The number of anilines is 1. The summed E-state index contributed by atoms with van der Waals surface area (Å²) in [6.07, 6.45) is 1.44. The van der Waals surface area contributed by atoms with Crippen molar-refractivity contribution >= 4 is 38.2 Å². The summed E-state index contributed by atoms with van der Waals surface area (Å²) in [6.45, 7) is 1.19. The molecule has 0 spiro atoms.